The summed E-state index contributed by atoms with van der Waals surface area (Å²) in [6.07, 6.45) is 0.502. The molecule has 0 aliphatic heterocycles. The van der Waals surface area contributed by atoms with Crippen molar-refractivity contribution in [3.63, 3.8) is 0 Å². The number of imidazole rings is 1. The smallest absolute Gasteiger partial charge is 0.165 e. The van der Waals surface area contributed by atoms with Crippen LogP contribution in [0.5, 0.6) is 5.75 Å². The number of Topliss-reactive ketones (excluding diaryl/α,β-unsaturated/α-hetero) is 1. The van der Waals surface area contributed by atoms with E-state index in [-0.39, 0.29) is 18.1 Å². The molecule has 0 unspecified atom stereocenters. The van der Waals surface area contributed by atoms with Gasteiger partial charge in [-0.05, 0) is 42.3 Å². The van der Waals surface area contributed by atoms with Gasteiger partial charge in [0.15, 0.2) is 17.3 Å². The lowest BCUT2D eigenvalue weighted by Gasteiger charge is -2.11. The van der Waals surface area contributed by atoms with Crippen LogP contribution in [0, 0.1) is 11.7 Å². The zero-order chi connectivity index (χ0) is 18.8. The summed E-state index contributed by atoms with van der Waals surface area (Å²) in [7, 11) is 1.43. The standard InChI is InChI=1S/C20H20BrFN2O2/c1-12(2)8-15(25)11-24-18-7-5-14(21)10-17(18)23-20(24)13-4-6-16(22)19(9-13)26-3/h4-7,9-10,12H,8,11H2,1-3H3. The number of nitrogens with zero attached hydrogens (tertiary/aromatic N) is 2. The van der Waals surface area contributed by atoms with E-state index in [0.29, 0.717) is 23.7 Å². The summed E-state index contributed by atoms with van der Waals surface area (Å²) in [6, 6.07) is 10.4. The van der Waals surface area contributed by atoms with Gasteiger partial charge in [-0.25, -0.2) is 9.37 Å². The Labute approximate surface area is 160 Å². The number of rotatable bonds is 6. The summed E-state index contributed by atoms with van der Waals surface area (Å²) < 4.78 is 21.7. The van der Waals surface area contributed by atoms with Crippen LogP contribution in [-0.2, 0) is 11.3 Å². The third-order valence-corrected chi connectivity index (χ3v) is 4.58. The number of halogens is 2. The molecule has 1 aromatic heterocycles. The molecule has 2 aromatic carbocycles. The summed E-state index contributed by atoms with van der Waals surface area (Å²) in [5.74, 6) is 0.764. The number of benzene rings is 2. The summed E-state index contributed by atoms with van der Waals surface area (Å²) in [4.78, 5) is 17.1. The van der Waals surface area contributed by atoms with Crippen molar-refractivity contribution in [3.8, 4) is 17.1 Å². The molecule has 0 atom stereocenters. The lowest BCUT2D eigenvalue weighted by molar-refractivity contribution is -0.120. The Morgan fingerprint density at radius 1 is 1.27 bits per heavy atom. The summed E-state index contributed by atoms with van der Waals surface area (Å²) in [5.41, 5.74) is 2.34. The van der Waals surface area contributed by atoms with Gasteiger partial charge in [0.05, 0.1) is 24.7 Å². The molecule has 6 heteroatoms. The molecule has 3 rings (SSSR count). The highest BCUT2D eigenvalue weighted by atomic mass is 79.9. The average Bonchev–Trinajstić information content (AvgIpc) is 2.92. The molecule has 136 valence electrons. The summed E-state index contributed by atoms with van der Waals surface area (Å²) in [6.45, 7) is 4.27. The zero-order valence-corrected chi connectivity index (χ0v) is 16.5. The van der Waals surface area contributed by atoms with E-state index in [4.69, 9.17) is 4.74 Å². The molecule has 3 aromatic rings. The molecule has 26 heavy (non-hydrogen) atoms. The van der Waals surface area contributed by atoms with E-state index in [2.05, 4.69) is 20.9 Å². The van der Waals surface area contributed by atoms with Gasteiger partial charge in [0.1, 0.15) is 5.82 Å². The van der Waals surface area contributed by atoms with Crippen LogP contribution in [0.3, 0.4) is 0 Å². The first-order valence-corrected chi connectivity index (χ1v) is 9.19. The number of ether oxygens (including phenoxy) is 1. The maximum absolute atomic E-state index is 13.8. The Hall–Kier alpha value is -2.21. The van der Waals surface area contributed by atoms with E-state index in [9.17, 15) is 9.18 Å². The second-order valence-electron chi connectivity index (χ2n) is 6.64. The maximum Gasteiger partial charge on any atom is 0.165 e. The first kappa shape index (κ1) is 18.6. The SMILES string of the molecule is COc1cc(-c2nc3cc(Br)ccc3n2CC(=O)CC(C)C)ccc1F. The van der Waals surface area contributed by atoms with Gasteiger partial charge in [-0.1, -0.05) is 29.8 Å². The van der Waals surface area contributed by atoms with Gasteiger partial charge in [0.2, 0.25) is 0 Å². The lowest BCUT2D eigenvalue weighted by Crippen LogP contribution is -2.13. The minimum absolute atomic E-state index is 0.137. The minimum Gasteiger partial charge on any atom is -0.494 e. The fourth-order valence-electron chi connectivity index (χ4n) is 2.98. The molecule has 0 aliphatic carbocycles. The van der Waals surface area contributed by atoms with Crippen molar-refractivity contribution in [3.05, 3.63) is 46.7 Å². The van der Waals surface area contributed by atoms with Gasteiger partial charge in [0.25, 0.3) is 0 Å². The van der Waals surface area contributed by atoms with Crippen LogP contribution in [0.1, 0.15) is 20.3 Å². The van der Waals surface area contributed by atoms with Crippen LogP contribution in [0.4, 0.5) is 4.39 Å². The number of carbonyl (C=O) groups excluding carboxylic acids is 1. The van der Waals surface area contributed by atoms with Crippen LogP contribution in [0.2, 0.25) is 0 Å². The van der Waals surface area contributed by atoms with Crippen molar-refractivity contribution in [1.82, 2.24) is 9.55 Å². The molecular formula is C20H20BrFN2O2. The van der Waals surface area contributed by atoms with Gasteiger partial charge in [-0.15, -0.1) is 0 Å². The normalized spacial score (nSPS) is 11.3. The number of aromatic nitrogens is 2. The number of ketones is 1. The number of fused-ring (bicyclic) bond motifs is 1. The van der Waals surface area contributed by atoms with Crippen LogP contribution in [0.15, 0.2) is 40.9 Å². The fraction of sp³-hybridized carbons (Fsp3) is 0.300. The number of methoxy groups -OCH3 is 1. The quantitative estimate of drug-likeness (QED) is 0.550. The first-order chi connectivity index (χ1) is 12.4. The third kappa shape index (κ3) is 3.80. The minimum atomic E-state index is -0.433. The molecule has 0 aliphatic rings. The molecule has 0 saturated carbocycles. The van der Waals surface area contributed by atoms with E-state index in [1.54, 1.807) is 12.1 Å². The molecule has 0 fully saturated rings. The number of hydrogen-bond acceptors (Lipinski definition) is 3. The van der Waals surface area contributed by atoms with Gasteiger partial charge in [-0.3, -0.25) is 4.79 Å². The molecule has 0 saturated heterocycles. The van der Waals surface area contributed by atoms with Gasteiger partial charge >= 0.3 is 0 Å². The highest BCUT2D eigenvalue weighted by molar-refractivity contribution is 9.10. The van der Waals surface area contributed by atoms with E-state index in [1.165, 1.54) is 13.2 Å². The molecule has 0 N–H and O–H groups in total. The van der Waals surface area contributed by atoms with Gasteiger partial charge in [-0.2, -0.15) is 0 Å². The highest BCUT2D eigenvalue weighted by Gasteiger charge is 2.17. The topological polar surface area (TPSA) is 44.1 Å². The maximum atomic E-state index is 13.8. The van der Waals surface area contributed by atoms with Crippen molar-refractivity contribution in [1.29, 1.82) is 0 Å². The van der Waals surface area contributed by atoms with Crippen molar-refractivity contribution in [2.45, 2.75) is 26.8 Å². The molecule has 0 radical (unpaired) electrons. The van der Waals surface area contributed by atoms with Gasteiger partial charge in [0, 0.05) is 16.5 Å². The number of hydrogen-bond donors (Lipinski definition) is 0. The van der Waals surface area contributed by atoms with Crippen molar-refractivity contribution >= 4 is 32.7 Å². The number of carbonyl (C=O) groups is 1. The molecular weight excluding hydrogens is 399 g/mol. The Bertz CT molecular complexity index is 966. The second kappa shape index (κ2) is 7.58. The predicted molar refractivity (Wildman–Crippen MR) is 104 cm³/mol. The van der Waals surface area contributed by atoms with Crippen molar-refractivity contribution in [2.75, 3.05) is 7.11 Å². The molecule has 0 spiro atoms. The van der Waals surface area contributed by atoms with Crippen LogP contribution >= 0.6 is 15.9 Å². The van der Waals surface area contributed by atoms with E-state index >= 15 is 0 Å². The van der Waals surface area contributed by atoms with Crippen LogP contribution < -0.4 is 4.74 Å². The van der Waals surface area contributed by atoms with E-state index < -0.39 is 5.82 Å². The molecule has 1 heterocycles. The van der Waals surface area contributed by atoms with E-state index in [1.807, 2.05) is 36.6 Å². The summed E-state index contributed by atoms with van der Waals surface area (Å²) in [5, 5.41) is 0. The Kier molecular flexibility index (Phi) is 5.41. The molecule has 0 amide bonds. The predicted octanol–water partition coefficient (Wildman–Crippen LogP) is 5.23. The fourth-order valence-corrected chi connectivity index (χ4v) is 3.33. The lowest BCUT2D eigenvalue weighted by atomic mass is 10.1. The highest BCUT2D eigenvalue weighted by Crippen LogP contribution is 2.30. The first-order valence-electron chi connectivity index (χ1n) is 8.40. The van der Waals surface area contributed by atoms with Crippen LogP contribution in [0.25, 0.3) is 22.4 Å². The van der Waals surface area contributed by atoms with Crippen molar-refractivity contribution in [2.24, 2.45) is 5.92 Å². The van der Waals surface area contributed by atoms with Crippen LogP contribution in [-0.4, -0.2) is 22.4 Å². The molecule has 4 nitrogen and oxygen atoms in total. The Morgan fingerprint density at radius 3 is 2.73 bits per heavy atom. The zero-order valence-electron chi connectivity index (χ0n) is 14.9. The summed E-state index contributed by atoms with van der Waals surface area (Å²) >= 11 is 3.45. The largest absolute Gasteiger partial charge is 0.494 e. The monoisotopic (exact) mass is 418 g/mol. The average molecular weight is 419 g/mol. The Morgan fingerprint density at radius 2 is 2.04 bits per heavy atom. The van der Waals surface area contributed by atoms with Crippen molar-refractivity contribution < 1.29 is 13.9 Å². The Balaban J connectivity index is 2.14. The van der Waals surface area contributed by atoms with Gasteiger partial charge < -0.3 is 9.30 Å². The van der Waals surface area contributed by atoms with E-state index in [0.717, 1.165) is 15.5 Å². The second-order valence-corrected chi connectivity index (χ2v) is 7.56. The third-order valence-electron chi connectivity index (χ3n) is 4.09. The molecule has 0 bridgehead atoms.